The Bertz CT molecular complexity index is 966. The first kappa shape index (κ1) is 17.6. The highest BCUT2D eigenvalue weighted by Gasteiger charge is 2.16. The monoisotopic (exact) mass is 351 g/mol. The van der Waals surface area contributed by atoms with Gasteiger partial charge in [0.1, 0.15) is 11.5 Å². The number of nitrogens with zero attached hydrogens (tertiary/aromatic N) is 3. The maximum absolute atomic E-state index is 12.6. The number of aryl methyl sites for hydroxylation is 3. The van der Waals surface area contributed by atoms with Crippen LogP contribution in [0.2, 0.25) is 0 Å². The average Bonchev–Trinajstić information content (AvgIpc) is 2.95. The molecule has 1 aromatic carbocycles. The van der Waals surface area contributed by atoms with Crippen molar-refractivity contribution in [3.8, 4) is 0 Å². The molecule has 0 bridgehead atoms. The van der Waals surface area contributed by atoms with Crippen molar-refractivity contribution < 1.29 is 4.79 Å². The minimum absolute atomic E-state index is 0.294. The standard InChI is InChI=1S/C19H21N5O2/c1-12-16(13(2)23-14(3)22-12)9-20-18(25)17-10-21-19(26)24(17)11-15-7-5-4-6-8-15/h4-8,10H,9,11H2,1-3H3,(H,20,25)(H,21,26). The van der Waals surface area contributed by atoms with Gasteiger partial charge in [-0.15, -0.1) is 0 Å². The molecular formula is C19H21N5O2. The molecule has 26 heavy (non-hydrogen) atoms. The second-order valence-corrected chi connectivity index (χ2v) is 6.15. The van der Waals surface area contributed by atoms with Gasteiger partial charge in [0.15, 0.2) is 0 Å². The van der Waals surface area contributed by atoms with Gasteiger partial charge in [-0.3, -0.25) is 9.36 Å². The summed E-state index contributed by atoms with van der Waals surface area (Å²) in [6.07, 6.45) is 1.44. The maximum Gasteiger partial charge on any atom is 0.326 e. The molecule has 1 amide bonds. The van der Waals surface area contributed by atoms with Crippen LogP contribution in [0.15, 0.2) is 41.3 Å². The summed E-state index contributed by atoms with van der Waals surface area (Å²) in [5, 5.41) is 2.86. The van der Waals surface area contributed by atoms with Crippen molar-refractivity contribution in [2.75, 3.05) is 0 Å². The molecular weight excluding hydrogens is 330 g/mol. The molecule has 3 aromatic rings. The van der Waals surface area contributed by atoms with Crippen molar-refractivity contribution in [3.63, 3.8) is 0 Å². The third-order valence-electron chi connectivity index (χ3n) is 4.24. The average molecular weight is 351 g/mol. The Morgan fingerprint density at radius 1 is 1.12 bits per heavy atom. The number of hydrogen-bond acceptors (Lipinski definition) is 4. The lowest BCUT2D eigenvalue weighted by molar-refractivity contribution is 0.0941. The molecule has 2 N–H and O–H groups in total. The molecule has 134 valence electrons. The fourth-order valence-electron chi connectivity index (χ4n) is 2.93. The number of benzene rings is 1. The van der Waals surface area contributed by atoms with Crippen LogP contribution in [-0.2, 0) is 13.1 Å². The van der Waals surface area contributed by atoms with Crippen LogP contribution in [0, 0.1) is 20.8 Å². The van der Waals surface area contributed by atoms with E-state index >= 15 is 0 Å². The summed E-state index contributed by atoms with van der Waals surface area (Å²) in [7, 11) is 0. The van der Waals surface area contributed by atoms with E-state index in [4.69, 9.17) is 0 Å². The number of aromatic amines is 1. The van der Waals surface area contributed by atoms with Crippen LogP contribution >= 0.6 is 0 Å². The molecule has 0 aliphatic carbocycles. The maximum atomic E-state index is 12.6. The van der Waals surface area contributed by atoms with Crippen LogP contribution in [0.3, 0.4) is 0 Å². The topological polar surface area (TPSA) is 92.7 Å². The molecule has 7 nitrogen and oxygen atoms in total. The number of hydrogen-bond donors (Lipinski definition) is 2. The van der Waals surface area contributed by atoms with Crippen molar-refractivity contribution in [1.82, 2.24) is 24.8 Å². The Kier molecular flexibility index (Phi) is 4.97. The van der Waals surface area contributed by atoms with Gasteiger partial charge in [0, 0.05) is 29.7 Å². The zero-order valence-corrected chi connectivity index (χ0v) is 15.0. The Labute approximate surface area is 151 Å². The van der Waals surface area contributed by atoms with Crippen molar-refractivity contribution in [2.45, 2.75) is 33.9 Å². The van der Waals surface area contributed by atoms with Gasteiger partial charge in [-0.2, -0.15) is 0 Å². The first-order chi connectivity index (χ1) is 12.5. The number of carbonyl (C=O) groups is 1. The van der Waals surface area contributed by atoms with Crippen LogP contribution in [0.5, 0.6) is 0 Å². The predicted octanol–water partition coefficient (Wildman–Crippen LogP) is 1.87. The summed E-state index contributed by atoms with van der Waals surface area (Å²) in [6, 6.07) is 9.53. The third kappa shape index (κ3) is 3.72. The van der Waals surface area contributed by atoms with Crippen LogP contribution in [0.25, 0.3) is 0 Å². The number of carbonyl (C=O) groups excluding carboxylic acids is 1. The number of nitrogens with one attached hydrogen (secondary N) is 2. The van der Waals surface area contributed by atoms with Crippen molar-refractivity contribution in [1.29, 1.82) is 0 Å². The SMILES string of the molecule is Cc1nc(C)c(CNC(=O)c2c[nH]c(=O)n2Cc2ccccc2)c(C)n1. The van der Waals surface area contributed by atoms with Gasteiger partial charge < -0.3 is 10.3 Å². The van der Waals surface area contributed by atoms with Crippen LogP contribution in [0.1, 0.15) is 38.8 Å². The molecule has 2 aromatic heterocycles. The van der Waals surface area contributed by atoms with E-state index in [0.29, 0.717) is 24.6 Å². The number of rotatable bonds is 5. The van der Waals surface area contributed by atoms with Gasteiger partial charge >= 0.3 is 5.69 Å². The van der Waals surface area contributed by atoms with E-state index in [1.807, 2.05) is 51.1 Å². The second kappa shape index (κ2) is 7.35. The Morgan fingerprint density at radius 2 is 1.77 bits per heavy atom. The molecule has 3 rings (SSSR count). The highest BCUT2D eigenvalue weighted by Crippen LogP contribution is 2.10. The predicted molar refractivity (Wildman–Crippen MR) is 98.0 cm³/mol. The Hall–Kier alpha value is -3.22. The normalized spacial score (nSPS) is 10.7. The van der Waals surface area contributed by atoms with Crippen molar-refractivity contribution in [3.05, 3.63) is 81.0 Å². The van der Waals surface area contributed by atoms with Gasteiger partial charge in [0.25, 0.3) is 5.91 Å². The van der Waals surface area contributed by atoms with E-state index in [9.17, 15) is 9.59 Å². The van der Waals surface area contributed by atoms with E-state index in [1.54, 1.807) is 0 Å². The Morgan fingerprint density at radius 3 is 2.42 bits per heavy atom. The molecule has 7 heteroatoms. The van der Waals surface area contributed by atoms with E-state index in [2.05, 4.69) is 20.3 Å². The quantitative estimate of drug-likeness (QED) is 0.734. The fraction of sp³-hybridized carbons (Fsp3) is 0.263. The van der Waals surface area contributed by atoms with Crippen molar-refractivity contribution in [2.24, 2.45) is 0 Å². The highest BCUT2D eigenvalue weighted by atomic mass is 16.2. The number of imidazole rings is 1. The smallest absolute Gasteiger partial charge is 0.326 e. The molecule has 0 atom stereocenters. The summed E-state index contributed by atoms with van der Waals surface area (Å²) in [5.74, 6) is 0.385. The molecule has 0 radical (unpaired) electrons. The minimum atomic E-state index is -0.321. The molecule has 0 aliphatic rings. The largest absolute Gasteiger partial charge is 0.346 e. The molecule has 0 saturated heterocycles. The van der Waals surface area contributed by atoms with Crippen LogP contribution in [0.4, 0.5) is 0 Å². The van der Waals surface area contributed by atoms with E-state index in [0.717, 1.165) is 22.5 Å². The molecule has 0 spiro atoms. The highest BCUT2D eigenvalue weighted by molar-refractivity contribution is 5.92. The lowest BCUT2D eigenvalue weighted by Crippen LogP contribution is -2.29. The molecule has 0 saturated carbocycles. The molecule has 0 fully saturated rings. The number of aromatic nitrogens is 4. The van der Waals surface area contributed by atoms with Crippen molar-refractivity contribution >= 4 is 5.91 Å². The first-order valence-corrected chi connectivity index (χ1v) is 8.36. The lowest BCUT2D eigenvalue weighted by Gasteiger charge is -2.12. The summed E-state index contributed by atoms with van der Waals surface area (Å²) in [6.45, 7) is 6.26. The summed E-state index contributed by atoms with van der Waals surface area (Å²) in [4.78, 5) is 35.9. The molecule has 2 heterocycles. The van der Waals surface area contributed by atoms with Gasteiger partial charge in [-0.05, 0) is 26.3 Å². The lowest BCUT2D eigenvalue weighted by atomic mass is 10.1. The van der Waals surface area contributed by atoms with E-state index in [-0.39, 0.29) is 11.6 Å². The van der Waals surface area contributed by atoms with Gasteiger partial charge in [0.05, 0.1) is 6.54 Å². The number of amides is 1. The van der Waals surface area contributed by atoms with Gasteiger partial charge in [-0.25, -0.2) is 14.8 Å². The van der Waals surface area contributed by atoms with Crippen LogP contribution < -0.4 is 11.0 Å². The zero-order chi connectivity index (χ0) is 18.7. The van der Waals surface area contributed by atoms with Gasteiger partial charge in [0.2, 0.25) is 0 Å². The molecule has 0 unspecified atom stereocenters. The van der Waals surface area contributed by atoms with Crippen LogP contribution in [-0.4, -0.2) is 25.4 Å². The third-order valence-corrected chi connectivity index (χ3v) is 4.24. The first-order valence-electron chi connectivity index (χ1n) is 8.36. The summed E-state index contributed by atoms with van der Waals surface area (Å²) in [5.41, 5.74) is 3.49. The van der Waals surface area contributed by atoms with E-state index in [1.165, 1.54) is 10.8 Å². The molecule has 0 aliphatic heterocycles. The van der Waals surface area contributed by atoms with E-state index < -0.39 is 0 Å². The number of H-pyrrole nitrogens is 1. The Balaban J connectivity index is 1.78. The summed E-state index contributed by atoms with van der Waals surface area (Å²) < 4.78 is 1.43. The summed E-state index contributed by atoms with van der Waals surface area (Å²) >= 11 is 0. The van der Waals surface area contributed by atoms with Gasteiger partial charge in [-0.1, -0.05) is 30.3 Å². The minimum Gasteiger partial charge on any atom is -0.346 e. The fourth-order valence-corrected chi connectivity index (χ4v) is 2.93. The second-order valence-electron chi connectivity index (χ2n) is 6.15. The zero-order valence-electron chi connectivity index (χ0n) is 15.0.